The van der Waals surface area contributed by atoms with E-state index in [1.807, 2.05) is 54.6 Å². The Morgan fingerprint density at radius 2 is 1.61 bits per heavy atom. The number of ketones is 1. The highest BCUT2D eigenvalue weighted by molar-refractivity contribution is 6.28. The summed E-state index contributed by atoms with van der Waals surface area (Å²) in [7, 11) is 0. The van der Waals surface area contributed by atoms with Gasteiger partial charge in [-0.3, -0.25) is 19.3 Å². The molecule has 0 N–H and O–H groups in total. The molecule has 3 saturated heterocycles. The van der Waals surface area contributed by atoms with Crippen LogP contribution in [0.25, 0.3) is 10.8 Å². The maximum Gasteiger partial charge on any atom is 0.240 e. The van der Waals surface area contributed by atoms with Crippen molar-refractivity contribution in [1.29, 1.82) is 0 Å². The molecule has 0 saturated carbocycles. The van der Waals surface area contributed by atoms with Gasteiger partial charge in [0.15, 0.2) is 5.78 Å². The van der Waals surface area contributed by atoms with Crippen LogP contribution in [0.4, 0.5) is 5.69 Å². The van der Waals surface area contributed by atoms with E-state index < -0.39 is 17.4 Å². The van der Waals surface area contributed by atoms with Gasteiger partial charge >= 0.3 is 0 Å². The molecule has 1 aliphatic carbocycles. The average Bonchev–Trinajstić information content (AvgIpc) is 3.49. The SMILES string of the molecule is O=C1[C@H]2[C@@H](C(=O)N1c1ccccc1)[C@]1(C(=O)c3cccc4cccc1c34)N1CCC[C@@H]21. The van der Waals surface area contributed by atoms with Gasteiger partial charge in [-0.05, 0) is 47.9 Å². The largest absolute Gasteiger partial charge is 0.292 e. The Bertz CT molecular complexity index is 1310. The number of rotatable bonds is 1. The molecule has 0 radical (unpaired) electrons. The molecule has 3 aromatic carbocycles. The smallest absolute Gasteiger partial charge is 0.240 e. The van der Waals surface area contributed by atoms with E-state index >= 15 is 0 Å². The Morgan fingerprint density at radius 1 is 0.839 bits per heavy atom. The van der Waals surface area contributed by atoms with Gasteiger partial charge in [-0.15, -0.1) is 0 Å². The number of Topliss-reactive ketones (excluding diaryl/α,β-unsaturated/α-hetero) is 1. The van der Waals surface area contributed by atoms with Crippen LogP contribution in [0.15, 0.2) is 66.7 Å². The minimum atomic E-state index is -1.08. The van der Waals surface area contributed by atoms with Crippen molar-refractivity contribution in [2.45, 2.75) is 24.4 Å². The number of anilines is 1. The van der Waals surface area contributed by atoms with E-state index in [4.69, 9.17) is 0 Å². The zero-order chi connectivity index (χ0) is 20.9. The minimum Gasteiger partial charge on any atom is -0.292 e. The number of carbonyl (C=O) groups is 3. The highest BCUT2D eigenvalue weighted by Gasteiger charge is 2.74. The summed E-state index contributed by atoms with van der Waals surface area (Å²) in [6, 6.07) is 20.8. The number of benzene rings is 3. The van der Waals surface area contributed by atoms with E-state index in [0.29, 0.717) is 11.3 Å². The number of hydrogen-bond donors (Lipinski definition) is 0. The third-order valence-electron chi connectivity index (χ3n) is 7.89. The fourth-order valence-corrected chi connectivity index (χ4v) is 6.90. The van der Waals surface area contributed by atoms with Crippen molar-refractivity contribution in [3.8, 4) is 0 Å². The summed E-state index contributed by atoms with van der Waals surface area (Å²) in [4.78, 5) is 45.3. The first-order valence-corrected chi connectivity index (χ1v) is 10.9. The second-order valence-corrected chi connectivity index (χ2v) is 9.06. The Balaban J connectivity index is 1.51. The lowest BCUT2D eigenvalue weighted by Gasteiger charge is -2.38. The fraction of sp³-hybridized carbons (Fsp3) is 0.269. The average molecular weight is 408 g/mol. The molecule has 3 fully saturated rings. The molecule has 0 aromatic heterocycles. The summed E-state index contributed by atoms with van der Waals surface area (Å²) in [6.45, 7) is 0.736. The Hall–Kier alpha value is -3.31. The number of carbonyl (C=O) groups excluding carboxylic acids is 3. The molecule has 2 amide bonds. The van der Waals surface area contributed by atoms with Crippen molar-refractivity contribution in [2.24, 2.45) is 11.8 Å². The van der Waals surface area contributed by atoms with Crippen molar-refractivity contribution in [2.75, 3.05) is 11.4 Å². The summed E-state index contributed by atoms with van der Waals surface area (Å²) in [5.74, 6) is -1.59. The van der Waals surface area contributed by atoms with Crippen molar-refractivity contribution in [1.82, 2.24) is 4.90 Å². The van der Waals surface area contributed by atoms with Gasteiger partial charge in [-0.1, -0.05) is 54.6 Å². The second-order valence-electron chi connectivity index (χ2n) is 9.06. The zero-order valence-electron chi connectivity index (χ0n) is 16.8. The molecular weight excluding hydrogens is 388 g/mol. The van der Waals surface area contributed by atoms with Crippen LogP contribution in [0.1, 0.15) is 28.8 Å². The lowest BCUT2D eigenvalue weighted by molar-refractivity contribution is -0.124. The first kappa shape index (κ1) is 17.4. The molecule has 0 unspecified atom stereocenters. The maximum absolute atomic E-state index is 14.2. The number of amides is 2. The van der Waals surface area contributed by atoms with Crippen LogP contribution in [0.5, 0.6) is 0 Å². The first-order chi connectivity index (χ1) is 15.2. The van der Waals surface area contributed by atoms with Gasteiger partial charge in [0.05, 0.1) is 17.5 Å². The molecule has 3 heterocycles. The molecule has 3 aliphatic heterocycles. The van der Waals surface area contributed by atoms with E-state index in [-0.39, 0.29) is 23.6 Å². The summed E-state index contributed by atoms with van der Waals surface area (Å²) < 4.78 is 0. The molecule has 31 heavy (non-hydrogen) atoms. The van der Waals surface area contributed by atoms with Crippen LogP contribution in [-0.4, -0.2) is 35.1 Å². The predicted octanol–water partition coefficient (Wildman–Crippen LogP) is 3.52. The van der Waals surface area contributed by atoms with Crippen LogP contribution in [0, 0.1) is 11.8 Å². The predicted molar refractivity (Wildman–Crippen MR) is 116 cm³/mol. The Kier molecular flexibility index (Phi) is 3.18. The van der Waals surface area contributed by atoms with Gasteiger partial charge < -0.3 is 0 Å². The molecular formula is C26H20N2O3. The Labute approximate surface area is 179 Å². The highest BCUT2D eigenvalue weighted by Crippen LogP contribution is 2.61. The minimum absolute atomic E-state index is 0.0187. The molecule has 1 spiro atoms. The number of fused-ring (bicyclic) bond motifs is 6. The third kappa shape index (κ3) is 1.81. The lowest BCUT2D eigenvalue weighted by atomic mass is 9.74. The fourth-order valence-electron chi connectivity index (χ4n) is 6.90. The molecule has 152 valence electrons. The van der Waals surface area contributed by atoms with Crippen LogP contribution < -0.4 is 4.90 Å². The van der Waals surface area contributed by atoms with Gasteiger partial charge in [0.2, 0.25) is 11.8 Å². The van der Waals surface area contributed by atoms with Crippen molar-refractivity contribution >= 4 is 34.1 Å². The highest BCUT2D eigenvalue weighted by atomic mass is 16.2. The maximum atomic E-state index is 14.2. The third-order valence-corrected chi connectivity index (χ3v) is 7.89. The van der Waals surface area contributed by atoms with Crippen molar-refractivity contribution in [3.63, 3.8) is 0 Å². The number of hydrogen-bond acceptors (Lipinski definition) is 4. The number of imide groups is 1. The number of para-hydroxylation sites is 1. The monoisotopic (exact) mass is 408 g/mol. The van der Waals surface area contributed by atoms with Gasteiger partial charge in [0, 0.05) is 11.6 Å². The standard InChI is InChI=1S/C26H20N2O3/c29-23-17-11-4-7-15-8-5-12-18(20(15)17)26(23)22-21(19-13-6-14-27(19)26)24(30)28(25(22)31)16-9-2-1-3-10-16/h1-5,7-12,19,21-22H,6,13-14H2/t19-,21+,22-,26+/m0/s1. The summed E-state index contributed by atoms with van der Waals surface area (Å²) >= 11 is 0. The van der Waals surface area contributed by atoms with Crippen LogP contribution in [0.3, 0.4) is 0 Å². The Morgan fingerprint density at radius 3 is 2.42 bits per heavy atom. The quantitative estimate of drug-likeness (QED) is 0.578. The molecule has 0 bridgehead atoms. The van der Waals surface area contributed by atoms with Crippen molar-refractivity contribution < 1.29 is 14.4 Å². The summed E-state index contributed by atoms with van der Waals surface area (Å²) in [5, 5.41) is 1.95. The lowest BCUT2D eigenvalue weighted by Crippen LogP contribution is -2.53. The summed E-state index contributed by atoms with van der Waals surface area (Å²) in [5.41, 5.74) is 1.09. The molecule has 5 heteroatoms. The topological polar surface area (TPSA) is 57.7 Å². The van der Waals surface area contributed by atoms with E-state index in [1.54, 1.807) is 12.1 Å². The van der Waals surface area contributed by atoms with Gasteiger partial charge in [0.25, 0.3) is 0 Å². The van der Waals surface area contributed by atoms with Gasteiger partial charge in [-0.2, -0.15) is 0 Å². The van der Waals surface area contributed by atoms with E-state index in [2.05, 4.69) is 4.90 Å². The normalized spacial score (nSPS) is 31.3. The molecule has 7 rings (SSSR count). The van der Waals surface area contributed by atoms with Gasteiger partial charge in [-0.25, -0.2) is 4.90 Å². The van der Waals surface area contributed by atoms with Crippen LogP contribution >= 0.6 is 0 Å². The van der Waals surface area contributed by atoms with Crippen LogP contribution in [-0.2, 0) is 15.1 Å². The second kappa shape index (κ2) is 5.68. The number of nitrogens with zero attached hydrogens (tertiary/aromatic N) is 2. The first-order valence-electron chi connectivity index (χ1n) is 10.9. The van der Waals surface area contributed by atoms with E-state index in [9.17, 15) is 14.4 Å². The van der Waals surface area contributed by atoms with Crippen molar-refractivity contribution in [3.05, 3.63) is 77.9 Å². The zero-order valence-corrected chi connectivity index (χ0v) is 16.8. The van der Waals surface area contributed by atoms with Crippen LogP contribution in [0.2, 0.25) is 0 Å². The molecule has 5 nitrogen and oxygen atoms in total. The summed E-state index contributed by atoms with van der Waals surface area (Å²) in [6.07, 6.45) is 1.77. The molecule has 3 aromatic rings. The molecule has 4 aliphatic rings. The van der Waals surface area contributed by atoms with Gasteiger partial charge in [0.1, 0.15) is 5.54 Å². The van der Waals surface area contributed by atoms with E-state index in [1.165, 1.54) is 4.90 Å². The molecule has 4 atom stereocenters. The van der Waals surface area contributed by atoms with E-state index in [0.717, 1.165) is 35.7 Å².